The van der Waals surface area contributed by atoms with Crippen LogP contribution in [0.15, 0.2) is 48.5 Å². The molecule has 1 saturated heterocycles. The maximum Gasteiger partial charge on any atom is 0.251 e. The summed E-state index contributed by atoms with van der Waals surface area (Å²) in [5.41, 5.74) is 3.86. The van der Waals surface area contributed by atoms with Crippen molar-refractivity contribution >= 4 is 11.8 Å². The predicted molar refractivity (Wildman–Crippen MR) is 108 cm³/mol. The summed E-state index contributed by atoms with van der Waals surface area (Å²) >= 11 is 0. The number of ether oxygens (including phenoxy) is 1. The molecule has 28 heavy (non-hydrogen) atoms. The third-order valence-electron chi connectivity index (χ3n) is 4.78. The maximum absolute atomic E-state index is 12.2. The van der Waals surface area contributed by atoms with Crippen molar-refractivity contribution in [2.24, 2.45) is 0 Å². The number of rotatable bonds is 7. The van der Waals surface area contributed by atoms with Crippen LogP contribution in [0.2, 0.25) is 0 Å². The van der Waals surface area contributed by atoms with E-state index < -0.39 is 0 Å². The lowest BCUT2D eigenvalue weighted by Gasteiger charge is -2.27. The molecule has 0 unspecified atom stereocenters. The Morgan fingerprint density at radius 1 is 1.00 bits per heavy atom. The van der Waals surface area contributed by atoms with Crippen LogP contribution in [0.4, 0.5) is 0 Å². The van der Waals surface area contributed by atoms with Crippen molar-refractivity contribution in [1.82, 2.24) is 15.5 Å². The van der Waals surface area contributed by atoms with Gasteiger partial charge >= 0.3 is 0 Å². The molecule has 3 rings (SSSR count). The van der Waals surface area contributed by atoms with Crippen LogP contribution < -0.4 is 10.6 Å². The quantitative estimate of drug-likeness (QED) is 0.768. The van der Waals surface area contributed by atoms with Gasteiger partial charge in [0.15, 0.2) is 0 Å². The third-order valence-corrected chi connectivity index (χ3v) is 4.78. The third kappa shape index (κ3) is 5.90. The summed E-state index contributed by atoms with van der Waals surface area (Å²) in [7, 11) is 0. The van der Waals surface area contributed by atoms with Gasteiger partial charge in [-0.05, 0) is 30.2 Å². The molecular weight excluding hydrogens is 354 g/mol. The van der Waals surface area contributed by atoms with Gasteiger partial charge in [0, 0.05) is 31.7 Å². The van der Waals surface area contributed by atoms with E-state index >= 15 is 0 Å². The number of hydrogen-bond acceptors (Lipinski definition) is 4. The molecule has 148 valence electrons. The van der Waals surface area contributed by atoms with E-state index in [0.29, 0.717) is 12.1 Å². The second-order valence-electron chi connectivity index (χ2n) is 6.99. The number of benzene rings is 2. The summed E-state index contributed by atoms with van der Waals surface area (Å²) in [5.74, 6) is -0.450. The molecular formula is C22H27N3O3. The average molecular weight is 381 g/mol. The Kier molecular flexibility index (Phi) is 7.17. The standard InChI is InChI=1S/C22H27N3O3/c1-17-5-4-8-18(13-17)22(27)24-15-21(26)23-14-19-6-2-3-7-20(19)16-25-9-11-28-12-10-25/h2-8,13H,9-12,14-16H2,1H3,(H,23,26)(H,24,27). The number of morpholine rings is 1. The minimum atomic E-state index is -0.244. The molecule has 0 aliphatic carbocycles. The molecule has 6 nitrogen and oxygen atoms in total. The molecule has 0 aromatic heterocycles. The van der Waals surface area contributed by atoms with E-state index in [-0.39, 0.29) is 18.4 Å². The van der Waals surface area contributed by atoms with Crippen molar-refractivity contribution < 1.29 is 14.3 Å². The van der Waals surface area contributed by atoms with Crippen LogP contribution in [0.5, 0.6) is 0 Å². The van der Waals surface area contributed by atoms with Crippen molar-refractivity contribution in [2.45, 2.75) is 20.0 Å². The first-order valence-corrected chi connectivity index (χ1v) is 9.60. The number of aryl methyl sites for hydroxylation is 1. The number of hydrogen-bond donors (Lipinski definition) is 2. The zero-order chi connectivity index (χ0) is 19.8. The summed E-state index contributed by atoms with van der Waals surface area (Å²) in [4.78, 5) is 26.7. The van der Waals surface area contributed by atoms with Gasteiger partial charge in [0.05, 0.1) is 19.8 Å². The minimum absolute atomic E-state index is 0.0432. The second kappa shape index (κ2) is 10.0. The normalized spacial score (nSPS) is 14.5. The monoisotopic (exact) mass is 381 g/mol. The number of amides is 2. The van der Waals surface area contributed by atoms with Gasteiger partial charge in [0.25, 0.3) is 5.91 Å². The van der Waals surface area contributed by atoms with E-state index in [4.69, 9.17) is 4.74 Å². The van der Waals surface area contributed by atoms with E-state index in [1.807, 2.05) is 37.3 Å². The molecule has 2 N–H and O–H groups in total. The van der Waals surface area contributed by atoms with Gasteiger partial charge in [-0.25, -0.2) is 0 Å². The second-order valence-corrected chi connectivity index (χ2v) is 6.99. The fourth-order valence-corrected chi connectivity index (χ4v) is 3.19. The molecule has 0 bridgehead atoms. The van der Waals surface area contributed by atoms with E-state index in [1.165, 1.54) is 5.56 Å². The van der Waals surface area contributed by atoms with Crippen molar-refractivity contribution in [3.8, 4) is 0 Å². The molecule has 0 spiro atoms. The van der Waals surface area contributed by atoms with Gasteiger partial charge in [-0.2, -0.15) is 0 Å². The van der Waals surface area contributed by atoms with E-state index in [1.54, 1.807) is 12.1 Å². The van der Waals surface area contributed by atoms with Gasteiger partial charge in [0.2, 0.25) is 5.91 Å². The first kappa shape index (κ1) is 20.0. The van der Waals surface area contributed by atoms with Crippen LogP contribution in [0.3, 0.4) is 0 Å². The van der Waals surface area contributed by atoms with Crippen molar-refractivity contribution in [3.63, 3.8) is 0 Å². The zero-order valence-corrected chi connectivity index (χ0v) is 16.2. The highest BCUT2D eigenvalue weighted by Crippen LogP contribution is 2.13. The highest BCUT2D eigenvalue weighted by molar-refractivity contribution is 5.96. The molecule has 6 heteroatoms. The predicted octanol–water partition coefficient (Wildman–Crippen LogP) is 1.87. The molecule has 2 amide bonds. The van der Waals surface area contributed by atoms with Crippen molar-refractivity contribution in [3.05, 3.63) is 70.8 Å². The highest BCUT2D eigenvalue weighted by atomic mass is 16.5. The number of carbonyl (C=O) groups excluding carboxylic acids is 2. The molecule has 1 aliphatic heterocycles. The highest BCUT2D eigenvalue weighted by Gasteiger charge is 2.13. The number of nitrogens with zero attached hydrogens (tertiary/aromatic N) is 1. The van der Waals surface area contributed by atoms with Crippen LogP contribution in [0.1, 0.15) is 27.0 Å². The minimum Gasteiger partial charge on any atom is -0.379 e. The van der Waals surface area contributed by atoms with Gasteiger partial charge < -0.3 is 15.4 Å². The van der Waals surface area contributed by atoms with Crippen LogP contribution >= 0.6 is 0 Å². The molecule has 2 aromatic carbocycles. The van der Waals surface area contributed by atoms with Gasteiger partial charge in [-0.1, -0.05) is 42.0 Å². The zero-order valence-electron chi connectivity index (χ0n) is 16.2. The molecule has 1 fully saturated rings. The lowest BCUT2D eigenvalue weighted by Crippen LogP contribution is -2.37. The SMILES string of the molecule is Cc1cccc(C(=O)NCC(=O)NCc2ccccc2CN2CCOCC2)c1. The average Bonchev–Trinajstić information content (AvgIpc) is 2.72. The molecule has 0 atom stereocenters. The van der Waals surface area contributed by atoms with Gasteiger partial charge in [0.1, 0.15) is 0 Å². The lowest BCUT2D eigenvalue weighted by molar-refractivity contribution is -0.120. The Hall–Kier alpha value is -2.70. The topological polar surface area (TPSA) is 70.7 Å². The number of carbonyl (C=O) groups is 2. The largest absolute Gasteiger partial charge is 0.379 e. The lowest BCUT2D eigenvalue weighted by atomic mass is 10.1. The molecule has 1 aliphatic rings. The fourth-order valence-electron chi connectivity index (χ4n) is 3.19. The summed E-state index contributed by atoms with van der Waals surface area (Å²) in [6.45, 7) is 6.55. The summed E-state index contributed by atoms with van der Waals surface area (Å²) in [5, 5.41) is 5.57. The van der Waals surface area contributed by atoms with Crippen LogP contribution in [-0.4, -0.2) is 49.6 Å². The Labute approximate surface area is 165 Å². The Morgan fingerprint density at radius 2 is 1.75 bits per heavy atom. The van der Waals surface area contributed by atoms with Crippen molar-refractivity contribution in [1.29, 1.82) is 0 Å². The van der Waals surface area contributed by atoms with E-state index in [9.17, 15) is 9.59 Å². The smallest absolute Gasteiger partial charge is 0.251 e. The van der Waals surface area contributed by atoms with Crippen LogP contribution in [-0.2, 0) is 22.6 Å². The summed E-state index contributed by atoms with van der Waals surface area (Å²) < 4.78 is 5.40. The van der Waals surface area contributed by atoms with Gasteiger partial charge in [-0.15, -0.1) is 0 Å². The van der Waals surface area contributed by atoms with Crippen LogP contribution in [0, 0.1) is 6.92 Å². The van der Waals surface area contributed by atoms with Crippen molar-refractivity contribution in [2.75, 3.05) is 32.8 Å². The first-order valence-electron chi connectivity index (χ1n) is 9.60. The first-order chi connectivity index (χ1) is 13.6. The summed E-state index contributed by atoms with van der Waals surface area (Å²) in [6.07, 6.45) is 0. The molecule has 0 saturated carbocycles. The Bertz CT molecular complexity index is 816. The Morgan fingerprint density at radius 3 is 2.50 bits per heavy atom. The van der Waals surface area contributed by atoms with E-state index in [0.717, 1.165) is 44.0 Å². The molecule has 0 radical (unpaired) electrons. The maximum atomic E-state index is 12.2. The fraction of sp³-hybridized carbons (Fsp3) is 0.364. The number of nitrogens with one attached hydrogen (secondary N) is 2. The molecule has 1 heterocycles. The molecule has 2 aromatic rings. The van der Waals surface area contributed by atoms with Crippen LogP contribution in [0.25, 0.3) is 0 Å². The summed E-state index contributed by atoms with van der Waals surface area (Å²) in [6, 6.07) is 15.4. The van der Waals surface area contributed by atoms with E-state index in [2.05, 4.69) is 21.6 Å². The Balaban J connectivity index is 1.48. The van der Waals surface area contributed by atoms with Gasteiger partial charge in [-0.3, -0.25) is 14.5 Å².